The fraction of sp³-hybridized carbons (Fsp3) is 0.500. The van der Waals surface area contributed by atoms with E-state index in [1.165, 1.54) is 0 Å². The highest BCUT2D eigenvalue weighted by molar-refractivity contribution is 6.05. The maximum Gasteiger partial charge on any atom is 0.273 e. The number of fused-ring (bicyclic) bond motifs is 1. The maximum absolute atomic E-state index is 13.0. The number of rotatable bonds is 7. The van der Waals surface area contributed by atoms with Gasteiger partial charge in [0.05, 0.1) is 0 Å². The summed E-state index contributed by atoms with van der Waals surface area (Å²) >= 11 is 0. The standard InChI is InChI=1S/C20H28N2O/c1-15(2)10-13-22(14-11-16(3)4)20(23)19-18-8-6-5-7-17(18)9-12-21-19/h5-9,12,15-16H,10-11,13-14H2,1-4H3. The van der Waals surface area contributed by atoms with Gasteiger partial charge in [-0.05, 0) is 36.1 Å². The highest BCUT2D eigenvalue weighted by Gasteiger charge is 2.19. The van der Waals surface area contributed by atoms with Gasteiger partial charge in [0, 0.05) is 24.7 Å². The molecular weight excluding hydrogens is 284 g/mol. The molecule has 1 amide bonds. The lowest BCUT2D eigenvalue weighted by Gasteiger charge is -2.24. The average Bonchev–Trinajstić information content (AvgIpc) is 2.53. The number of nitrogens with zero attached hydrogens (tertiary/aromatic N) is 2. The quantitative estimate of drug-likeness (QED) is 0.738. The Morgan fingerprint density at radius 1 is 1.00 bits per heavy atom. The zero-order valence-corrected chi connectivity index (χ0v) is 14.7. The summed E-state index contributed by atoms with van der Waals surface area (Å²) in [7, 11) is 0. The summed E-state index contributed by atoms with van der Waals surface area (Å²) in [5.41, 5.74) is 0.579. The maximum atomic E-state index is 13.0. The van der Waals surface area contributed by atoms with Crippen molar-refractivity contribution >= 4 is 16.7 Å². The topological polar surface area (TPSA) is 33.2 Å². The van der Waals surface area contributed by atoms with Crippen LogP contribution in [0.2, 0.25) is 0 Å². The van der Waals surface area contributed by atoms with Gasteiger partial charge in [-0.3, -0.25) is 9.78 Å². The molecule has 0 saturated heterocycles. The van der Waals surface area contributed by atoms with Gasteiger partial charge in [-0.2, -0.15) is 0 Å². The number of hydrogen-bond acceptors (Lipinski definition) is 2. The molecule has 0 radical (unpaired) electrons. The van der Waals surface area contributed by atoms with Gasteiger partial charge >= 0.3 is 0 Å². The van der Waals surface area contributed by atoms with Crippen LogP contribution in [0.15, 0.2) is 36.5 Å². The molecule has 1 heterocycles. The molecular formula is C20H28N2O. The van der Waals surface area contributed by atoms with Crippen molar-refractivity contribution in [3.05, 3.63) is 42.2 Å². The summed E-state index contributed by atoms with van der Waals surface area (Å²) in [4.78, 5) is 19.4. The first-order valence-corrected chi connectivity index (χ1v) is 8.62. The minimum absolute atomic E-state index is 0.0584. The van der Waals surface area contributed by atoms with E-state index in [0.29, 0.717) is 17.5 Å². The normalized spacial score (nSPS) is 11.4. The van der Waals surface area contributed by atoms with E-state index in [9.17, 15) is 4.79 Å². The first kappa shape index (κ1) is 17.5. The number of hydrogen-bond donors (Lipinski definition) is 0. The zero-order valence-electron chi connectivity index (χ0n) is 14.7. The van der Waals surface area contributed by atoms with Gasteiger partial charge in [0.25, 0.3) is 5.91 Å². The number of pyridine rings is 1. The van der Waals surface area contributed by atoms with Gasteiger partial charge in [0.2, 0.25) is 0 Å². The van der Waals surface area contributed by atoms with Crippen LogP contribution in [0.5, 0.6) is 0 Å². The molecule has 2 aromatic rings. The molecule has 1 aromatic heterocycles. The molecule has 0 unspecified atom stereocenters. The molecule has 1 aromatic carbocycles. The summed E-state index contributed by atoms with van der Waals surface area (Å²) in [5, 5.41) is 2.01. The van der Waals surface area contributed by atoms with Gasteiger partial charge in [-0.25, -0.2) is 0 Å². The van der Waals surface area contributed by atoms with Crippen LogP contribution in [0.3, 0.4) is 0 Å². The smallest absolute Gasteiger partial charge is 0.273 e. The fourth-order valence-electron chi connectivity index (χ4n) is 2.58. The number of carbonyl (C=O) groups excluding carboxylic acids is 1. The van der Waals surface area contributed by atoms with Crippen molar-refractivity contribution in [1.29, 1.82) is 0 Å². The molecule has 0 aliphatic heterocycles. The van der Waals surface area contributed by atoms with E-state index in [4.69, 9.17) is 0 Å². The molecule has 0 aliphatic carbocycles. The Labute approximate surface area is 139 Å². The third-order valence-corrected chi connectivity index (χ3v) is 4.12. The number of carbonyl (C=O) groups is 1. The Hall–Kier alpha value is -1.90. The van der Waals surface area contributed by atoms with Crippen LogP contribution in [0.25, 0.3) is 10.8 Å². The van der Waals surface area contributed by atoms with Gasteiger partial charge in [-0.1, -0.05) is 52.0 Å². The average molecular weight is 312 g/mol. The molecule has 23 heavy (non-hydrogen) atoms. The fourth-order valence-corrected chi connectivity index (χ4v) is 2.58. The highest BCUT2D eigenvalue weighted by Crippen LogP contribution is 2.19. The molecule has 0 bridgehead atoms. The minimum Gasteiger partial charge on any atom is -0.337 e. The summed E-state index contributed by atoms with van der Waals surface area (Å²) in [6.45, 7) is 10.4. The van der Waals surface area contributed by atoms with E-state index in [-0.39, 0.29) is 5.91 Å². The van der Waals surface area contributed by atoms with Crippen LogP contribution < -0.4 is 0 Å². The van der Waals surface area contributed by atoms with Crippen LogP contribution in [0.1, 0.15) is 51.0 Å². The molecule has 3 heteroatoms. The van der Waals surface area contributed by atoms with Gasteiger partial charge < -0.3 is 4.90 Å². The molecule has 0 fully saturated rings. The monoisotopic (exact) mass is 312 g/mol. The van der Waals surface area contributed by atoms with Crippen molar-refractivity contribution < 1.29 is 4.79 Å². The minimum atomic E-state index is 0.0584. The van der Waals surface area contributed by atoms with E-state index in [1.807, 2.05) is 35.2 Å². The molecule has 0 spiro atoms. The van der Waals surface area contributed by atoms with Gasteiger partial charge in [0.1, 0.15) is 5.69 Å². The number of benzene rings is 1. The first-order chi connectivity index (χ1) is 11.0. The second kappa shape index (κ2) is 8.09. The summed E-state index contributed by atoms with van der Waals surface area (Å²) in [6.07, 6.45) is 3.78. The SMILES string of the molecule is CC(C)CCN(CCC(C)C)C(=O)c1nccc2ccccc12. The van der Waals surface area contributed by atoms with Gasteiger partial charge in [0.15, 0.2) is 0 Å². The first-order valence-electron chi connectivity index (χ1n) is 8.62. The molecule has 0 N–H and O–H groups in total. The predicted molar refractivity (Wildman–Crippen MR) is 96.6 cm³/mol. The Morgan fingerprint density at radius 3 is 2.22 bits per heavy atom. The second-order valence-electron chi connectivity index (χ2n) is 7.04. The Morgan fingerprint density at radius 2 is 1.61 bits per heavy atom. The molecule has 0 aliphatic rings. The van der Waals surface area contributed by atoms with E-state index >= 15 is 0 Å². The van der Waals surface area contributed by atoms with Crippen LogP contribution in [-0.4, -0.2) is 28.9 Å². The predicted octanol–water partition coefficient (Wildman–Crippen LogP) is 4.77. The second-order valence-corrected chi connectivity index (χ2v) is 7.04. The summed E-state index contributed by atoms with van der Waals surface area (Å²) < 4.78 is 0. The zero-order chi connectivity index (χ0) is 16.8. The van der Waals surface area contributed by atoms with Crippen molar-refractivity contribution in [2.24, 2.45) is 11.8 Å². The molecule has 124 valence electrons. The molecule has 3 nitrogen and oxygen atoms in total. The van der Waals surface area contributed by atoms with E-state index < -0.39 is 0 Å². The lowest BCUT2D eigenvalue weighted by atomic mass is 10.1. The lowest BCUT2D eigenvalue weighted by Crippen LogP contribution is -2.34. The molecule has 0 saturated carbocycles. The van der Waals surface area contributed by atoms with E-state index in [1.54, 1.807) is 6.20 Å². The van der Waals surface area contributed by atoms with Gasteiger partial charge in [-0.15, -0.1) is 0 Å². The third kappa shape index (κ3) is 4.78. The van der Waals surface area contributed by atoms with Crippen molar-refractivity contribution in [2.45, 2.75) is 40.5 Å². The highest BCUT2D eigenvalue weighted by atomic mass is 16.2. The van der Waals surface area contributed by atoms with Crippen molar-refractivity contribution in [2.75, 3.05) is 13.1 Å². The number of aromatic nitrogens is 1. The van der Waals surface area contributed by atoms with Crippen LogP contribution in [-0.2, 0) is 0 Å². The van der Waals surface area contributed by atoms with Crippen molar-refractivity contribution in [1.82, 2.24) is 9.88 Å². The van der Waals surface area contributed by atoms with Crippen LogP contribution in [0.4, 0.5) is 0 Å². The summed E-state index contributed by atoms with van der Waals surface area (Å²) in [6, 6.07) is 9.93. The van der Waals surface area contributed by atoms with Crippen LogP contribution >= 0.6 is 0 Å². The third-order valence-electron chi connectivity index (χ3n) is 4.12. The van der Waals surface area contributed by atoms with Crippen LogP contribution in [0, 0.1) is 11.8 Å². The van der Waals surface area contributed by atoms with E-state index in [2.05, 4.69) is 32.7 Å². The lowest BCUT2D eigenvalue weighted by molar-refractivity contribution is 0.0737. The Kier molecular flexibility index (Phi) is 6.14. The van der Waals surface area contributed by atoms with Crippen molar-refractivity contribution in [3.8, 4) is 0 Å². The van der Waals surface area contributed by atoms with Crippen molar-refractivity contribution in [3.63, 3.8) is 0 Å². The molecule has 0 atom stereocenters. The Bertz CT molecular complexity index is 632. The van der Waals surface area contributed by atoms with E-state index in [0.717, 1.165) is 36.7 Å². The summed E-state index contributed by atoms with van der Waals surface area (Å²) in [5.74, 6) is 1.23. The Balaban J connectivity index is 2.26. The largest absolute Gasteiger partial charge is 0.337 e. The molecule has 2 rings (SSSR count). The number of amides is 1.